The first kappa shape index (κ1) is 29.2. The van der Waals surface area contributed by atoms with Crippen molar-refractivity contribution in [1.82, 2.24) is 15.6 Å². The number of carbonyl (C=O) groups is 5. The first-order valence-electron chi connectivity index (χ1n) is 11.2. The zero-order chi connectivity index (χ0) is 27.8. The third-order valence-electron chi connectivity index (χ3n) is 4.50. The molecule has 0 unspecified atom stereocenters. The van der Waals surface area contributed by atoms with Crippen LogP contribution >= 0.6 is 11.3 Å². The van der Waals surface area contributed by atoms with Crippen molar-refractivity contribution in [2.24, 2.45) is 0 Å². The number of amides is 3. The summed E-state index contributed by atoms with van der Waals surface area (Å²) in [6, 6.07) is 4.53. The van der Waals surface area contributed by atoms with E-state index in [0.717, 1.165) is 6.92 Å². The van der Waals surface area contributed by atoms with E-state index in [1.807, 2.05) is 0 Å². The SMILES string of the molecule is COC(=O)[C@H](C)NC(=O)[C@H](COC(C)=O)NC(=O)c1csc(-c2ccc(NC(=O)OC(C)(C)C)cc2)n1. The van der Waals surface area contributed by atoms with Gasteiger partial charge in [-0.1, -0.05) is 0 Å². The number of aromatic nitrogens is 1. The van der Waals surface area contributed by atoms with Gasteiger partial charge >= 0.3 is 18.0 Å². The molecule has 13 heteroatoms. The number of thiazole rings is 1. The smallest absolute Gasteiger partial charge is 0.412 e. The van der Waals surface area contributed by atoms with Crippen molar-refractivity contribution in [1.29, 1.82) is 0 Å². The number of anilines is 1. The van der Waals surface area contributed by atoms with Crippen molar-refractivity contribution < 1.29 is 38.2 Å². The van der Waals surface area contributed by atoms with E-state index in [1.54, 1.807) is 45.0 Å². The van der Waals surface area contributed by atoms with Crippen LogP contribution in [0.3, 0.4) is 0 Å². The average molecular weight is 535 g/mol. The third-order valence-corrected chi connectivity index (χ3v) is 5.39. The van der Waals surface area contributed by atoms with Crippen molar-refractivity contribution in [3.05, 3.63) is 35.3 Å². The molecule has 2 atom stereocenters. The highest BCUT2D eigenvalue weighted by Crippen LogP contribution is 2.25. The molecule has 0 saturated heterocycles. The lowest BCUT2D eigenvalue weighted by atomic mass is 10.2. The normalized spacial score (nSPS) is 12.5. The van der Waals surface area contributed by atoms with Gasteiger partial charge in [0.05, 0.1) is 7.11 Å². The Labute approximate surface area is 218 Å². The Morgan fingerprint density at radius 1 is 1.05 bits per heavy atom. The Morgan fingerprint density at radius 2 is 1.70 bits per heavy atom. The lowest BCUT2D eigenvalue weighted by Gasteiger charge is -2.19. The predicted molar refractivity (Wildman–Crippen MR) is 135 cm³/mol. The highest BCUT2D eigenvalue weighted by molar-refractivity contribution is 7.13. The summed E-state index contributed by atoms with van der Waals surface area (Å²) in [5.41, 5.74) is 0.629. The molecule has 0 aliphatic carbocycles. The number of nitrogens with zero attached hydrogens (tertiary/aromatic N) is 1. The predicted octanol–water partition coefficient (Wildman–Crippen LogP) is 2.50. The largest absolute Gasteiger partial charge is 0.467 e. The van der Waals surface area contributed by atoms with E-state index in [1.165, 1.54) is 30.8 Å². The molecule has 200 valence electrons. The van der Waals surface area contributed by atoms with Gasteiger partial charge in [-0.05, 0) is 52.0 Å². The van der Waals surface area contributed by atoms with Gasteiger partial charge in [0.1, 0.15) is 35.0 Å². The lowest BCUT2D eigenvalue weighted by Crippen LogP contribution is -2.53. The highest BCUT2D eigenvalue weighted by Gasteiger charge is 2.27. The fraction of sp³-hybridized carbons (Fsp3) is 0.417. The molecule has 0 aliphatic rings. The minimum Gasteiger partial charge on any atom is -0.467 e. The molecule has 0 aliphatic heterocycles. The Morgan fingerprint density at radius 3 is 2.27 bits per heavy atom. The zero-order valence-corrected chi connectivity index (χ0v) is 22.2. The minimum atomic E-state index is -1.27. The quantitative estimate of drug-likeness (QED) is 0.324. The molecular formula is C24H30N4O8S. The fourth-order valence-corrected chi connectivity index (χ4v) is 3.60. The van der Waals surface area contributed by atoms with Crippen molar-refractivity contribution in [2.45, 2.75) is 52.3 Å². The highest BCUT2D eigenvalue weighted by atomic mass is 32.1. The molecule has 0 saturated carbocycles. The summed E-state index contributed by atoms with van der Waals surface area (Å²) >= 11 is 1.20. The van der Waals surface area contributed by atoms with Gasteiger partial charge in [-0.3, -0.25) is 19.7 Å². The summed E-state index contributed by atoms with van der Waals surface area (Å²) in [7, 11) is 1.17. The molecule has 0 bridgehead atoms. The first-order valence-corrected chi connectivity index (χ1v) is 12.1. The zero-order valence-electron chi connectivity index (χ0n) is 21.4. The Balaban J connectivity index is 2.08. The summed E-state index contributed by atoms with van der Waals surface area (Å²) < 4.78 is 14.7. The molecule has 3 amide bonds. The molecule has 2 rings (SSSR count). The van der Waals surface area contributed by atoms with E-state index in [-0.39, 0.29) is 5.69 Å². The minimum absolute atomic E-state index is 0.0394. The van der Waals surface area contributed by atoms with Crippen LogP contribution in [0.2, 0.25) is 0 Å². The standard InChI is InChI=1S/C24H30N4O8S/c1-13(22(32)34-6)25-19(30)17(11-35-14(2)29)27-20(31)18-12-37-21(28-18)15-7-9-16(10-8-15)26-23(33)36-24(3,4)5/h7-10,12-13,17H,11H2,1-6H3,(H,25,30)(H,26,33)(H,27,31)/t13-,17-/m0/s1. The van der Waals surface area contributed by atoms with Crippen LogP contribution in [0.15, 0.2) is 29.6 Å². The van der Waals surface area contributed by atoms with E-state index in [9.17, 15) is 24.0 Å². The molecule has 0 radical (unpaired) electrons. The number of ether oxygens (including phenoxy) is 3. The van der Waals surface area contributed by atoms with Gasteiger partial charge in [-0.2, -0.15) is 0 Å². The molecule has 3 N–H and O–H groups in total. The number of nitrogens with one attached hydrogen (secondary N) is 3. The lowest BCUT2D eigenvalue weighted by molar-refractivity contribution is -0.146. The van der Waals surface area contributed by atoms with Crippen LogP contribution in [0, 0.1) is 0 Å². The number of hydrogen-bond acceptors (Lipinski definition) is 10. The van der Waals surface area contributed by atoms with Crippen LogP contribution in [0.5, 0.6) is 0 Å². The van der Waals surface area contributed by atoms with Gasteiger partial charge in [0.15, 0.2) is 0 Å². The van der Waals surface area contributed by atoms with Gasteiger partial charge in [0.2, 0.25) is 5.91 Å². The van der Waals surface area contributed by atoms with Crippen LogP contribution in [0.25, 0.3) is 10.6 Å². The van der Waals surface area contributed by atoms with Gasteiger partial charge < -0.3 is 24.8 Å². The Bertz CT molecular complexity index is 1140. The van der Waals surface area contributed by atoms with Crippen molar-refractivity contribution in [3.63, 3.8) is 0 Å². The maximum atomic E-state index is 12.8. The third kappa shape index (κ3) is 9.52. The molecule has 0 fully saturated rings. The number of carbonyl (C=O) groups excluding carboxylic acids is 5. The van der Waals surface area contributed by atoms with Crippen molar-refractivity contribution >= 4 is 46.9 Å². The number of hydrogen-bond donors (Lipinski definition) is 3. The summed E-state index contributed by atoms with van der Waals surface area (Å²) in [5, 5.41) is 9.53. The number of methoxy groups -OCH3 is 1. The van der Waals surface area contributed by atoms with Crippen LogP contribution in [-0.4, -0.2) is 66.2 Å². The van der Waals surface area contributed by atoms with Crippen LogP contribution in [-0.2, 0) is 28.6 Å². The summed E-state index contributed by atoms with van der Waals surface area (Å²) in [6.45, 7) is 7.42. The van der Waals surface area contributed by atoms with E-state index in [0.29, 0.717) is 16.3 Å². The molecule has 12 nitrogen and oxygen atoms in total. The fourth-order valence-electron chi connectivity index (χ4n) is 2.79. The molecule has 1 aromatic heterocycles. The maximum Gasteiger partial charge on any atom is 0.412 e. The van der Waals surface area contributed by atoms with E-state index in [2.05, 4.69) is 25.7 Å². The molecule has 2 aromatic rings. The monoisotopic (exact) mass is 534 g/mol. The topological polar surface area (TPSA) is 162 Å². The summed E-state index contributed by atoms with van der Waals surface area (Å²) in [5.74, 6) is -2.74. The van der Waals surface area contributed by atoms with Crippen molar-refractivity contribution in [3.8, 4) is 10.6 Å². The molecular weight excluding hydrogens is 504 g/mol. The molecule has 37 heavy (non-hydrogen) atoms. The number of benzene rings is 1. The van der Waals surface area contributed by atoms with Crippen molar-refractivity contribution in [2.75, 3.05) is 19.0 Å². The number of esters is 2. The second kappa shape index (κ2) is 12.8. The van der Waals surface area contributed by atoms with Crippen LogP contribution in [0.4, 0.5) is 10.5 Å². The van der Waals surface area contributed by atoms with E-state index in [4.69, 9.17) is 9.47 Å². The van der Waals surface area contributed by atoms with E-state index >= 15 is 0 Å². The Hall–Kier alpha value is -4.00. The van der Waals surface area contributed by atoms with Gasteiger partial charge in [0.25, 0.3) is 5.91 Å². The average Bonchev–Trinajstić information content (AvgIpc) is 3.30. The number of rotatable bonds is 9. The summed E-state index contributed by atoms with van der Waals surface area (Å²) in [6.07, 6.45) is -0.582. The summed E-state index contributed by atoms with van der Waals surface area (Å²) in [4.78, 5) is 64.4. The molecule has 0 spiro atoms. The second-order valence-corrected chi connectivity index (χ2v) is 9.68. The molecule has 1 aromatic carbocycles. The second-order valence-electron chi connectivity index (χ2n) is 8.82. The van der Waals surface area contributed by atoms with Crippen LogP contribution in [0.1, 0.15) is 45.1 Å². The first-order chi connectivity index (χ1) is 17.3. The van der Waals surface area contributed by atoms with Crippen LogP contribution < -0.4 is 16.0 Å². The Kier molecular flexibility index (Phi) is 10.1. The molecule has 1 heterocycles. The van der Waals surface area contributed by atoms with Gasteiger partial charge in [-0.25, -0.2) is 14.6 Å². The van der Waals surface area contributed by atoms with Gasteiger partial charge in [-0.15, -0.1) is 11.3 Å². The maximum absolute atomic E-state index is 12.8. The van der Waals surface area contributed by atoms with E-state index < -0.39 is 54.1 Å². The van der Waals surface area contributed by atoms with Gasteiger partial charge in [0, 0.05) is 23.6 Å².